The number of benzene rings is 3. The lowest BCUT2D eigenvalue weighted by atomic mass is 9.68. The van der Waals surface area contributed by atoms with Crippen LogP contribution in [0.4, 0.5) is 5.69 Å². The summed E-state index contributed by atoms with van der Waals surface area (Å²) in [5, 5.41) is 11.4. The molecule has 0 spiro atoms. The number of halogens is 3. The number of hydrogen-bond acceptors (Lipinski definition) is 5. The highest BCUT2D eigenvalue weighted by molar-refractivity contribution is 9.10. The number of carbonyl (C=O) groups is 1. The fraction of sp³-hybridized carbons (Fsp3) is 0.273. The van der Waals surface area contributed by atoms with E-state index in [1.54, 1.807) is 23.1 Å². The first kappa shape index (κ1) is 29.3. The molecule has 0 fully saturated rings. The summed E-state index contributed by atoms with van der Waals surface area (Å²) in [6, 6.07) is 19.3. The standard InChI is InChI=1S/C33H30BrCl2N3O2/c1-18-11-19(2)22(12-20(18)17-41-29-8-6-5-7-24(29)34)30-23(16-37)32(38)39(26-10-9-21(35)13-25(26)36)27-14-33(3,4)15-28(40)31(27)30/h5-13,30H,14-15,17,38H2,1-4H3. The highest BCUT2D eigenvalue weighted by Crippen LogP contribution is 2.51. The predicted molar refractivity (Wildman–Crippen MR) is 168 cm³/mol. The van der Waals surface area contributed by atoms with Gasteiger partial charge in [-0.2, -0.15) is 5.26 Å². The van der Waals surface area contributed by atoms with Gasteiger partial charge >= 0.3 is 0 Å². The zero-order valence-corrected chi connectivity index (χ0v) is 26.4. The van der Waals surface area contributed by atoms with Crippen LogP contribution in [0.2, 0.25) is 10.0 Å². The molecule has 0 bridgehead atoms. The van der Waals surface area contributed by atoms with Gasteiger partial charge in [0.2, 0.25) is 0 Å². The fourth-order valence-corrected chi connectivity index (χ4v) is 6.75. The van der Waals surface area contributed by atoms with Crippen LogP contribution < -0.4 is 15.4 Å². The highest BCUT2D eigenvalue weighted by Gasteiger charge is 2.45. The second-order valence-corrected chi connectivity index (χ2v) is 13.1. The molecule has 1 heterocycles. The van der Waals surface area contributed by atoms with Crippen molar-refractivity contribution < 1.29 is 9.53 Å². The van der Waals surface area contributed by atoms with Crippen molar-refractivity contribution >= 4 is 50.6 Å². The number of hydrogen-bond donors (Lipinski definition) is 1. The van der Waals surface area contributed by atoms with Crippen LogP contribution >= 0.6 is 39.1 Å². The van der Waals surface area contributed by atoms with Gasteiger partial charge in [0.05, 0.1) is 32.7 Å². The topological polar surface area (TPSA) is 79.4 Å². The van der Waals surface area contributed by atoms with E-state index in [9.17, 15) is 10.1 Å². The van der Waals surface area contributed by atoms with E-state index in [0.717, 1.165) is 38.2 Å². The summed E-state index contributed by atoms with van der Waals surface area (Å²) in [6.45, 7) is 8.51. The Kier molecular flexibility index (Phi) is 8.00. The van der Waals surface area contributed by atoms with Crippen LogP contribution in [-0.4, -0.2) is 5.78 Å². The third kappa shape index (κ3) is 5.51. The van der Waals surface area contributed by atoms with Crippen molar-refractivity contribution in [2.24, 2.45) is 11.1 Å². The first-order valence-electron chi connectivity index (χ1n) is 13.3. The van der Waals surface area contributed by atoms with E-state index in [0.29, 0.717) is 46.3 Å². The second-order valence-electron chi connectivity index (χ2n) is 11.4. The van der Waals surface area contributed by atoms with Gasteiger partial charge in [0.25, 0.3) is 0 Å². The van der Waals surface area contributed by atoms with Crippen LogP contribution in [0.5, 0.6) is 5.75 Å². The number of aryl methyl sites for hydroxylation is 2. The Morgan fingerprint density at radius 2 is 1.83 bits per heavy atom. The summed E-state index contributed by atoms with van der Waals surface area (Å²) >= 11 is 16.4. The van der Waals surface area contributed by atoms with Crippen molar-refractivity contribution in [2.45, 2.75) is 53.1 Å². The normalized spacial score (nSPS) is 18.3. The average molecular weight is 651 g/mol. The Morgan fingerprint density at radius 3 is 2.51 bits per heavy atom. The Morgan fingerprint density at radius 1 is 1.10 bits per heavy atom. The van der Waals surface area contributed by atoms with E-state index >= 15 is 0 Å². The summed E-state index contributed by atoms with van der Waals surface area (Å²) in [5.41, 5.74) is 12.6. The molecule has 210 valence electrons. The molecule has 1 unspecified atom stereocenters. The third-order valence-electron chi connectivity index (χ3n) is 7.79. The lowest BCUT2D eigenvalue weighted by molar-refractivity contribution is -0.118. The number of rotatable bonds is 5. The van der Waals surface area contributed by atoms with E-state index in [1.807, 2.05) is 38.1 Å². The monoisotopic (exact) mass is 649 g/mol. The molecule has 5 nitrogen and oxygen atoms in total. The molecule has 2 aliphatic rings. The summed E-state index contributed by atoms with van der Waals surface area (Å²) in [6.07, 6.45) is 0.956. The molecule has 2 N–H and O–H groups in total. The molecule has 5 rings (SSSR count). The van der Waals surface area contributed by atoms with Gasteiger partial charge < -0.3 is 10.5 Å². The summed E-state index contributed by atoms with van der Waals surface area (Å²) in [5.74, 6) is 0.391. The predicted octanol–water partition coefficient (Wildman–Crippen LogP) is 8.89. The van der Waals surface area contributed by atoms with E-state index in [-0.39, 0.29) is 17.0 Å². The SMILES string of the molecule is Cc1cc(C)c(C2C(C#N)=C(N)N(c3ccc(Cl)cc3Cl)C3=C2C(=O)CC(C)(C)C3)cc1COc1ccccc1Br. The number of nitriles is 1. The van der Waals surface area contributed by atoms with Gasteiger partial charge in [0, 0.05) is 22.7 Å². The maximum absolute atomic E-state index is 14.0. The molecule has 1 atom stereocenters. The maximum atomic E-state index is 14.0. The molecule has 0 saturated heterocycles. The van der Waals surface area contributed by atoms with Gasteiger partial charge in [-0.25, -0.2) is 0 Å². The Hall–Kier alpha value is -3.24. The number of nitrogens with two attached hydrogens (primary N) is 1. The third-order valence-corrected chi connectivity index (χ3v) is 8.98. The molecule has 41 heavy (non-hydrogen) atoms. The lowest BCUT2D eigenvalue weighted by Gasteiger charge is -2.44. The molecule has 1 aliphatic heterocycles. The first-order valence-corrected chi connectivity index (χ1v) is 14.8. The van der Waals surface area contributed by atoms with Gasteiger partial charge in [0.15, 0.2) is 5.78 Å². The number of para-hydroxylation sites is 1. The van der Waals surface area contributed by atoms with Crippen molar-refractivity contribution in [1.29, 1.82) is 5.26 Å². The summed E-state index contributed by atoms with van der Waals surface area (Å²) in [7, 11) is 0. The number of allylic oxidation sites excluding steroid dienone is 3. The maximum Gasteiger partial charge on any atom is 0.162 e. The molecule has 0 aromatic heterocycles. The molecular weight excluding hydrogens is 621 g/mol. The zero-order chi connectivity index (χ0) is 29.6. The quantitative estimate of drug-likeness (QED) is 0.298. The largest absolute Gasteiger partial charge is 0.488 e. The van der Waals surface area contributed by atoms with Crippen LogP contribution in [-0.2, 0) is 11.4 Å². The molecule has 3 aromatic carbocycles. The molecule has 0 saturated carbocycles. The minimum absolute atomic E-state index is 0.00239. The molecule has 1 aliphatic carbocycles. The Balaban J connectivity index is 1.68. The van der Waals surface area contributed by atoms with Gasteiger partial charge in [0.1, 0.15) is 18.2 Å². The van der Waals surface area contributed by atoms with E-state index < -0.39 is 5.92 Å². The Labute approximate surface area is 259 Å². The van der Waals surface area contributed by atoms with E-state index in [2.05, 4.69) is 48.0 Å². The summed E-state index contributed by atoms with van der Waals surface area (Å²) in [4.78, 5) is 15.8. The molecular formula is C33H30BrCl2N3O2. The first-order chi connectivity index (χ1) is 19.4. The average Bonchev–Trinajstić information content (AvgIpc) is 2.89. The molecule has 0 amide bonds. The van der Waals surface area contributed by atoms with Crippen LogP contribution in [0.15, 0.2) is 81.7 Å². The minimum atomic E-state index is -0.608. The van der Waals surface area contributed by atoms with Gasteiger partial charge in [-0.05, 0) is 94.2 Å². The molecule has 3 aromatic rings. The van der Waals surface area contributed by atoms with Crippen molar-refractivity contribution in [1.82, 2.24) is 0 Å². The van der Waals surface area contributed by atoms with E-state index in [1.165, 1.54) is 0 Å². The minimum Gasteiger partial charge on any atom is -0.488 e. The van der Waals surface area contributed by atoms with Crippen molar-refractivity contribution in [3.05, 3.63) is 114 Å². The van der Waals surface area contributed by atoms with Crippen molar-refractivity contribution in [2.75, 3.05) is 4.90 Å². The van der Waals surface area contributed by atoms with Crippen LogP contribution in [0.3, 0.4) is 0 Å². The lowest BCUT2D eigenvalue weighted by Crippen LogP contribution is -2.42. The zero-order valence-electron chi connectivity index (χ0n) is 23.3. The number of nitrogens with zero attached hydrogens (tertiary/aromatic N) is 2. The van der Waals surface area contributed by atoms with Crippen LogP contribution in [0.1, 0.15) is 54.9 Å². The highest BCUT2D eigenvalue weighted by atomic mass is 79.9. The number of carbonyl (C=O) groups excluding carboxylic acids is 1. The molecule has 8 heteroatoms. The van der Waals surface area contributed by atoms with Crippen molar-refractivity contribution in [3.63, 3.8) is 0 Å². The smallest absolute Gasteiger partial charge is 0.162 e. The summed E-state index contributed by atoms with van der Waals surface area (Å²) < 4.78 is 7.02. The van der Waals surface area contributed by atoms with Gasteiger partial charge in [-0.3, -0.25) is 9.69 Å². The van der Waals surface area contributed by atoms with E-state index in [4.69, 9.17) is 33.7 Å². The second kappa shape index (κ2) is 11.2. The Bertz CT molecular complexity index is 1690. The number of anilines is 1. The van der Waals surface area contributed by atoms with Crippen molar-refractivity contribution in [3.8, 4) is 11.8 Å². The number of ether oxygens (including phenoxy) is 1. The fourth-order valence-electron chi connectivity index (χ4n) is 5.86. The number of ketones is 1. The molecule has 0 radical (unpaired) electrons. The van der Waals surface area contributed by atoms with Crippen LogP contribution in [0, 0.1) is 30.6 Å². The van der Waals surface area contributed by atoms with Crippen LogP contribution in [0.25, 0.3) is 0 Å². The van der Waals surface area contributed by atoms with Gasteiger partial charge in [-0.1, -0.05) is 61.3 Å². The van der Waals surface area contributed by atoms with Gasteiger partial charge in [-0.15, -0.1) is 0 Å². The number of Topliss-reactive ketones (excluding diaryl/α,β-unsaturated/α-hetero) is 1.